The van der Waals surface area contributed by atoms with Crippen molar-refractivity contribution in [2.75, 3.05) is 7.11 Å². The van der Waals surface area contributed by atoms with Gasteiger partial charge in [0, 0.05) is 12.6 Å². The van der Waals surface area contributed by atoms with Gasteiger partial charge in [-0.25, -0.2) is 8.78 Å². The molecule has 0 aromatic heterocycles. The topological polar surface area (TPSA) is 47.3 Å². The van der Waals surface area contributed by atoms with Gasteiger partial charge >= 0.3 is 0 Å². The number of rotatable bonds is 7. The number of ether oxygens (including phenoxy) is 1. The number of nitrogens with one attached hydrogen (secondary N) is 1. The van der Waals surface area contributed by atoms with Crippen LogP contribution in [0.4, 0.5) is 8.78 Å². The van der Waals surface area contributed by atoms with E-state index < -0.39 is 11.6 Å². The second-order valence-corrected chi connectivity index (χ2v) is 6.71. The van der Waals surface area contributed by atoms with Crippen LogP contribution < -0.4 is 15.8 Å². The van der Waals surface area contributed by atoms with E-state index in [1.807, 2.05) is 55.5 Å². The molecule has 2 atom stereocenters. The number of benzene rings is 3. The molecule has 3 nitrogen and oxygen atoms in total. The number of hydrogen-bond donors (Lipinski definition) is 2. The highest BCUT2D eigenvalue weighted by Crippen LogP contribution is 2.28. The third kappa shape index (κ3) is 6.16. The van der Waals surface area contributed by atoms with Gasteiger partial charge in [-0.2, -0.15) is 0 Å². The van der Waals surface area contributed by atoms with E-state index in [-0.39, 0.29) is 36.9 Å². The van der Waals surface area contributed by atoms with Crippen LogP contribution in [-0.2, 0) is 6.54 Å². The molecule has 0 heterocycles. The van der Waals surface area contributed by atoms with E-state index in [4.69, 9.17) is 10.5 Å². The van der Waals surface area contributed by atoms with Crippen LogP contribution in [0, 0.1) is 11.6 Å². The molecule has 0 aliphatic carbocycles. The van der Waals surface area contributed by atoms with Crippen LogP contribution in [0.15, 0.2) is 66.7 Å². The number of methoxy groups -OCH3 is 1. The van der Waals surface area contributed by atoms with Gasteiger partial charge in [0.1, 0.15) is 5.75 Å². The highest BCUT2D eigenvalue weighted by molar-refractivity contribution is 5.85. The van der Waals surface area contributed by atoms with Gasteiger partial charge in [-0.1, -0.05) is 42.5 Å². The summed E-state index contributed by atoms with van der Waals surface area (Å²) in [6.45, 7) is 2.41. The Morgan fingerprint density at radius 1 is 0.833 bits per heavy atom. The van der Waals surface area contributed by atoms with E-state index in [2.05, 4.69) is 5.32 Å². The molecule has 0 fully saturated rings. The third-order valence-corrected chi connectivity index (χ3v) is 4.86. The molecule has 162 valence electrons. The molecule has 3 aromatic carbocycles. The minimum atomic E-state index is -0.848. The lowest BCUT2D eigenvalue weighted by molar-refractivity contribution is 0.414. The fourth-order valence-corrected chi connectivity index (χ4v) is 3.16. The van der Waals surface area contributed by atoms with E-state index in [1.54, 1.807) is 13.2 Å². The first-order valence-electron chi connectivity index (χ1n) is 9.15. The second-order valence-electron chi connectivity index (χ2n) is 6.71. The van der Waals surface area contributed by atoms with E-state index >= 15 is 0 Å². The molecular weight excluding hydrogens is 429 g/mol. The minimum Gasteiger partial charge on any atom is -0.497 e. The van der Waals surface area contributed by atoms with Crippen molar-refractivity contribution in [3.8, 4) is 5.75 Å². The van der Waals surface area contributed by atoms with E-state index in [9.17, 15) is 8.78 Å². The zero-order valence-corrected chi connectivity index (χ0v) is 18.4. The van der Waals surface area contributed by atoms with Crippen molar-refractivity contribution in [1.82, 2.24) is 5.32 Å². The molecule has 0 bridgehead atoms. The van der Waals surface area contributed by atoms with Crippen LogP contribution in [0.5, 0.6) is 5.75 Å². The van der Waals surface area contributed by atoms with Gasteiger partial charge in [-0.05, 0) is 53.4 Å². The molecule has 3 aromatic rings. The van der Waals surface area contributed by atoms with Crippen LogP contribution in [0.1, 0.15) is 41.3 Å². The summed E-state index contributed by atoms with van der Waals surface area (Å²) in [5, 5.41) is 3.53. The van der Waals surface area contributed by atoms with Crippen molar-refractivity contribution in [3.05, 3.63) is 101 Å². The number of halogens is 4. The summed E-state index contributed by atoms with van der Waals surface area (Å²) in [7, 11) is 1.63. The van der Waals surface area contributed by atoms with Crippen molar-refractivity contribution in [2.45, 2.75) is 25.6 Å². The zero-order chi connectivity index (χ0) is 20.1. The molecule has 0 spiro atoms. The fourth-order valence-electron chi connectivity index (χ4n) is 3.16. The van der Waals surface area contributed by atoms with Gasteiger partial charge in [0.25, 0.3) is 0 Å². The van der Waals surface area contributed by atoms with Crippen LogP contribution in [0.25, 0.3) is 0 Å². The molecule has 0 amide bonds. The Bertz CT molecular complexity index is 874. The molecular formula is C23H26Cl2F2N2O. The quantitative estimate of drug-likeness (QED) is 0.480. The summed E-state index contributed by atoms with van der Waals surface area (Å²) >= 11 is 0. The lowest BCUT2D eigenvalue weighted by Crippen LogP contribution is -2.26. The molecule has 0 radical (unpaired) electrons. The maximum absolute atomic E-state index is 13.7. The Hall–Kier alpha value is -2.18. The maximum atomic E-state index is 13.7. The van der Waals surface area contributed by atoms with Crippen molar-refractivity contribution >= 4 is 24.8 Å². The van der Waals surface area contributed by atoms with Gasteiger partial charge in [0.2, 0.25) is 0 Å². The Balaban J connectivity index is 0.00000225. The minimum absolute atomic E-state index is 0. The summed E-state index contributed by atoms with van der Waals surface area (Å²) < 4.78 is 32.2. The lowest BCUT2D eigenvalue weighted by Gasteiger charge is -2.25. The van der Waals surface area contributed by atoms with Crippen molar-refractivity contribution in [3.63, 3.8) is 0 Å². The molecule has 0 saturated heterocycles. The molecule has 3 rings (SSSR count). The predicted octanol–water partition coefficient (Wildman–Crippen LogP) is 5.72. The van der Waals surface area contributed by atoms with Crippen LogP contribution >= 0.6 is 24.8 Å². The summed E-state index contributed by atoms with van der Waals surface area (Å²) in [5.41, 5.74) is 9.52. The lowest BCUT2D eigenvalue weighted by atomic mass is 9.95. The summed E-state index contributed by atoms with van der Waals surface area (Å²) in [5.74, 6) is -0.922. The summed E-state index contributed by atoms with van der Waals surface area (Å²) in [6.07, 6.45) is 0. The molecule has 0 aliphatic heterocycles. The Labute approximate surface area is 188 Å². The van der Waals surface area contributed by atoms with Crippen LogP contribution in [0.3, 0.4) is 0 Å². The SMILES string of the molecule is COc1ccc(C(NC(C)c2ccc(F)c(F)c2)c2ccc(CN)cc2)cc1.Cl.Cl. The molecule has 30 heavy (non-hydrogen) atoms. The summed E-state index contributed by atoms with van der Waals surface area (Å²) in [6, 6.07) is 19.5. The largest absolute Gasteiger partial charge is 0.497 e. The monoisotopic (exact) mass is 454 g/mol. The van der Waals surface area contributed by atoms with Gasteiger partial charge in [0.15, 0.2) is 11.6 Å². The molecule has 0 saturated carbocycles. The predicted molar refractivity (Wildman–Crippen MR) is 122 cm³/mol. The van der Waals surface area contributed by atoms with Gasteiger partial charge in [-0.3, -0.25) is 5.32 Å². The zero-order valence-electron chi connectivity index (χ0n) is 16.8. The van der Waals surface area contributed by atoms with Gasteiger partial charge in [0.05, 0.1) is 13.2 Å². The number of nitrogens with two attached hydrogens (primary N) is 1. The van der Waals surface area contributed by atoms with E-state index in [0.717, 1.165) is 28.5 Å². The Morgan fingerprint density at radius 2 is 1.37 bits per heavy atom. The van der Waals surface area contributed by atoms with Gasteiger partial charge < -0.3 is 10.5 Å². The molecule has 3 N–H and O–H groups in total. The highest BCUT2D eigenvalue weighted by atomic mass is 35.5. The maximum Gasteiger partial charge on any atom is 0.159 e. The second kappa shape index (κ2) is 11.9. The van der Waals surface area contributed by atoms with Crippen LogP contribution in [-0.4, -0.2) is 7.11 Å². The number of hydrogen-bond acceptors (Lipinski definition) is 3. The first-order chi connectivity index (χ1) is 13.5. The summed E-state index contributed by atoms with van der Waals surface area (Å²) in [4.78, 5) is 0. The fraction of sp³-hybridized carbons (Fsp3) is 0.217. The average molecular weight is 455 g/mol. The smallest absolute Gasteiger partial charge is 0.159 e. The first kappa shape index (κ1) is 25.9. The third-order valence-electron chi connectivity index (χ3n) is 4.86. The van der Waals surface area contributed by atoms with Crippen molar-refractivity contribution in [1.29, 1.82) is 0 Å². The van der Waals surface area contributed by atoms with Crippen LogP contribution in [0.2, 0.25) is 0 Å². The van der Waals surface area contributed by atoms with Crippen molar-refractivity contribution < 1.29 is 13.5 Å². The molecule has 2 unspecified atom stereocenters. The normalized spacial score (nSPS) is 12.3. The van der Waals surface area contributed by atoms with E-state index in [0.29, 0.717) is 12.1 Å². The standard InChI is InChI=1S/C23H24F2N2O.2ClH/c1-15(19-9-12-21(24)22(25)13-19)27-23(17-5-3-16(14-26)4-6-17)18-7-10-20(28-2)11-8-18;;/h3-13,15,23,27H,14,26H2,1-2H3;2*1H. The molecule has 7 heteroatoms. The van der Waals surface area contributed by atoms with E-state index in [1.165, 1.54) is 6.07 Å². The molecule has 0 aliphatic rings. The average Bonchev–Trinajstić information content (AvgIpc) is 2.74. The Morgan fingerprint density at radius 3 is 1.87 bits per heavy atom. The Kier molecular flexibility index (Phi) is 10.2. The highest BCUT2D eigenvalue weighted by Gasteiger charge is 2.18. The first-order valence-corrected chi connectivity index (χ1v) is 9.15. The van der Waals surface area contributed by atoms with Crippen molar-refractivity contribution in [2.24, 2.45) is 5.73 Å². The van der Waals surface area contributed by atoms with Gasteiger partial charge in [-0.15, -0.1) is 24.8 Å².